The number of aryl methyl sites for hydroxylation is 1. The number of hydrogen-bond acceptors (Lipinski definition) is 6. The molecule has 1 aliphatic carbocycles. The standard InChI is InChI=1S/C24H24N2O4S/c1-16-4-7-19(8-5-16)28-14-23-26-18(15-31-23)13-22(27)25-17-6-9-20-21(12-17)30-24(29-20)10-2-3-11-24/h4-9,12,15H,2-3,10-11,13-14H2,1H3,(H,25,27). The molecule has 1 aromatic heterocycles. The maximum Gasteiger partial charge on any atom is 0.251 e. The molecular weight excluding hydrogens is 412 g/mol. The molecule has 5 rings (SSSR count). The molecule has 7 heteroatoms. The zero-order valence-corrected chi connectivity index (χ0v) is 18.2. The lowest BCUT2D eigenvalue weighted by molar-refractivity contribution is -0.115. The molecular formula is C24H24N2O4S. The molecule has 31 heavy (non-hydrogen) atoms. The normalized spacial score (nSPS) is 15.9. The lowest BCUT2D eigenvalue weighted by Crippen LogP contribution is -2.34. The quantitative estimate of drug-likeness (QED) is 0.571. The average molecular weight is 437 g/mol. The van der Waals surface area contributed by atoms with Crippen LogP contribution in [0, 0.1) is 6.92 Å². The van der Waals surface area contributed by atoms with Gasteiger partial charge in [-0.15, -0.1) is 11.3 Å². The third-order valence-electron chi connectivity index (χ3n) is 5.51. The summed E-state index contributed by atoms with van der Waals surface area (Å²) in [5.74, 6) is 1.64. The van der Waals surface area contributed by atoms with Gasteiger partial charge >= 0.3 is 0 Å². The number of hydrogen-bond donors (Lipinski definition) is 1. The molecule has 0 unspecified atom stereocenters. The first-order valence-electron chi connectivity index (χ1n) is 10.5. The van der Waals surface area contributed by atoms with Gasteiger partial charge in [-0.25, -0.2) is 4.98 Å². The summed E-state index contributed by atoms with van der Waals surface area (Å²) >= 11 is 1.49. The van der Waals surface area contributed by atoms with Gasteiger partial charge in [-0.05, 0) is 44.0 Å². The van der Waals surface area contributed by atoms with Crippen LogP contribution in [0.2, 0.25) is 0 Å². The number of benzene rings is 2. The summed E-state index contributed by atoms with van der Waals surface area (Å²) < 4.78 is 17.9. The Bertz CT molecular complexity index is 1090. The van der Waals surface area contributed by atoms with Crippen molar-refractivity contribution >= 4 is 22.9 Å². The van der Waals surface area contributed by atoms with Gasteiger partial charge in [0.2, 0.25) is 5.91 Å². The average Bonchev–Trinajstić information content (AvgIpc) is 3.48. The van der Waals surface area contributed by atoms with Crippen LogP contribution < -0.4 is 19.5 Å². The number of aromatic nitrogens is 1. The first-order valence-corrected chi connectivity index (χ1v) is 11.4. The van der Waals surface area contributed by atoms with E-state index in [0.29, 0.717) is 18.0 Å². The summed E-state index contributed by atoms with van der Waals surface area (Å²) in [7, 11) is 0. The highest BCUT2D eigenvalue weighted by Gasteiger charge is 2.44. The number of carbonyl (C=O) groups excluding carboxylic acids is 1. The Morgan fingerprint density at radius 2 is 1.90 bits per heavy atom. The highest BCUT2D eigenvalue weighted by molar-refractivity contribution is 7.09. The van der Waals surface area contributed by atoms with Crippen LogP contribution in [0.15, 0.2) is 47.8 Å². The van der Waals surface area contributed by atoms with Crippen molar-refractivity contribution in [1.29, 1.82) is 0 Å². The minimum Gasteiger partial charge on any atom is -0.486 e. The van der Waals surface area contributed by atoms with Crippen molar-refractivity contribution in [1.82, 2.24) is 4.98 Å². The summed E-state index contributed by atoms with van der Waals surface area (Å²) in [5, 5.41) is 5.67. The van der Waals surface area contributed by atoms with E-state index in [1.165, 1.54) is 16.9 Å². The Kier molecular flexibility index (Phi) is 5.28. The summed E-state index contributed by atoms with van der Waals surface area (Å²) in [6.45, 7) is 2.43. The van der Waals surface area contributed by atoms with E-state index in [0.717, 1.165) is 47.9 Å². The topological polar surface area (TPSA) is 69.7 Å². The smallest absolute Gasteiger partial charge is 0.251 e. The van der Waals surface area contributed by atoms with Crippen LogP contribution in [0.5, 0.6) is 17.2 Å². The van der Waals surface area contributed by atoms with Crippen LogP contribution >= 0.6 is 11.3 Å². The predicted octanol–water partition coefficient (Wildman–Crippen LogP) is 5.25. The van der Waals surface area contributed by atoms with E-state index in [-0.39, 0.29) is 12.3 Å². The Hall–Kier alpha value is -3.06. The summed E-state index contributed by atoms with van der Waals surface area (Å²) in [5.41, 5.74) is 2.62. The van der Waals surface area contributed by atoms with Gasteiger partial charge in [0, 0.05) is 30.0 Å². The minimum atomic E-state index is -0.497. The van der Waals surface area contributed by atoms with E-state index >= 15 is 0 Å². The molecule has 1 fully saturated rings. The van der Waals surface area contributed by atoms with Gasteiger partial charge in [0.15, 0.2) is 11.5 Å². The fourth-order valence-corrected chi connectivity index (χ4v) is 4.64. The second-order valence-electron chi connectivity index (χ2n) is 8.04. The number of amides is 1. The second-order valence-corrected chi connectivity index (χ2v) is 8.99. The maximum atomic E-state index is 12.5. The van der Waals surface area contributed by atoms with E-state index in [4.69, 9.17) is 14.2 Å². The van der Waals surface area contributed by atoms with Crippen molar-refractivity contribution in [2.24, 2.45) is 0 Å². The van der Waals surface area contributed by atoms with Gasteiger partial charge in [-0.2, -0.15) is 0 Å². The zero-order chi connectivity index (χ0) is 21.3. The molecule has 2 heterocycles. The van der Waals surface area contributed by atoms with E-state index < -0.39 is 5.79 Å². The van der Waals surface area contributed by atoms with Crippen LogP contribution in [0.4, 0.5) is 5.69 Å². The Labute approximate surface area is 185 Å². The lowest BCUT2D eigenvalue weighted by atomic mass is 10.2. The molecule has 3 aromatic rings. The van der Waals surface area contributed by atoms with E-state index in [1.807, 2.05) is 54.8 Å². The Balaban J connectivity index is 1.15. The molecule has 1 saturated carbocycles. The first kappa shape index (κ1) is 19.9. The highest BCUT2D eigenvalue weighted by Crippen LogP contribution is 2.47. The van der Waals surface area contributed by atoms with E-state index in [2.05, 4.69) is 10.3 Å². The lowest BCUT2D eigenvalue weighted by Gasteiger charge is -2.21. The highest BCUT2D eigenvalue weighted by atomic mass is 32.1. The molecule has 1 spiro atoms. The molecule has 1 aliphatic heterocycles. The van der Waals surface area contributed by atoms with Crippen LogP contribution in [0.3, 0.4) is 0 Å². The summed E-state index contributed by atoms with van der Waals surface area (Å²) in [6.07, 6.45) is 4.25. The first-order chi connectivity index (χ1) is 15.1. The molecule has 0 saturated heterocycles. The molecule has 1 N–H and O–H groups in total. The fraction of sp³-hybridized carbons (Fsp3) is 0.333. The van der Waals surface area contributed by atoms with Gasteiger partial charge in [0.05, 0.1) is 12.1 Å². The second kappa shape index (κ2) is 8.23. The van der Waals surface area contributed by atoms with Crippen LogP contribution in [-0.2, 0) is 17.8 Å². The van der Waals surface area contributed by atoms with Crippen molar-refractivity contribution in [3.8, 4) is 17.2 Å². The SMILES string of the molecule is Cc1ccc(OCc2nc(CC(=O)Nc3ccc4c(c3)OC3(CCCC3)O4)cs2)cc1. The van der Waals surface area contributed by atoms with Crippen LogP contribution in [0.1, 0.15) is 41.9 Å². The molecule has 0 atom stereocenters. The molecule has 1 amide bonds. The Morgan fingerprint density at radius 3 is 2.71 bits per heavy atom. The van der Waals surface area contributed by atoms with Crippen LogP contribution in [0.25, 0.3) is 0 Å². The minimum absolute atomic E-state index is 0.120. The van der Waals surface area contributed by atoms with Gasteiger partial charge in [0.1, 0.15) is 17.4 Å². The number of nitrogens with one attached hydrogen (secondary N) is 1. The van der Waals surface area contributed by atoms with Gasteiger partial charge in [-0.1, -0.05) is 17.7 Å². The van der Waals surface area contributed by atoms with E-state index in [1.54, 1.807) is 0 Å². The van der Waals surface area contributed by atoms with Crippen molar-refractivity contribution in [3.05, 3.63) is 64.1 Å². The number of nitrogens with zero attached hydrogens (tertiary/aromatic N) is 1. The van der Waals surface area contributed by atoms with Crippen molar-refractivity contribution in [2.75, 3.05) is 5.32 Å². The van der Waals surface area contributed by atoms with Crippen molar-refractivity contribution < 1.29 is 19.0 Å². The molecule has 0 radical (unpaired) electrons. The molecule has 0 bridgehead atoms. The number of fused-ring (bicyclic) bond motifs is 1. The fourth-order valence-electron chi connectivity index (χ4n) is 3.93. The zero-order valence-electron chi connectivity index (χ0n) is 17.3. The molecule has 2 aliphatic rings. The summed E-state index contributed by atoms with van der Waals surface area (Å²) in [6, 6.07) is 13.4. The largest absolute Gasteiger partial charge is 0.486 e. The third-order valence-corrected chi connectivity index (χ3v) is 6.38. The predicted molar refractivity (Wildman–Crippen MR) is 119 cm³/mol. The van der Waals surface area contributed by atoms with Gasteiger partial charge < -0.3 is 19.5 Å². The number of rotatable bonds is 6. The van der Waals surface area contributed by atoms with Crippen LogP contribution in [-0.4, -0.2) is 16.7 Å². The molecule has 6 nitrogen and oxygen atoms in total. The molecule has 160 valence electrons. The van der Waals surface area contributed by atoms with Crippen molar-refractivity contribution in [2.45, 2.75) is 51.4 Å². The number of ether oxygens (including phenoxy) is 3. The number of carbonyl (C=O) groups is 1. The van der Waals surface area contributed by atoms with Gasteiger partial charge in [-0.3, -0.25) is 4.79 Å². The monoisotopic (exact) mass is 436 g/mol. The third kappa shape index (κ3) is 4.51. The number of anilines is 1. The van der Waals surface area contributed by atoms with E-state index in [9.17, 15) is 4.79 Å². The van der Waals surface area contributed by atoms with Crippen molar-refractivity contribution in [3.63, 3.8) is 0 Å². The Morgan fingerprint density at radius 1 is 1.13 bits per heavy atom. The number of thiazole rings is 1. The van der Waals surface area contributed by atoms with Gasteiger partial charge in [0.25, 0.3) is 5.79 Å². The maximum absolute atomic E-state index is 12.5. The summed E-state index contributed by atoms with van der Waals surface area (Å²) in [4.78, 5) is 17.0. The molecule has 2 aromatic carbocycles.